The Balaban J connectivity index is 0.00000128. The molecule has 3 nitrogen and oxygen atoms in total. The van der Waals surface area contributed by atoms with Gasteiger partial charge >= 0.3 is 7.55 Å². The number of hydrogen-bond donors (Lipinski definition) is 0. The van der Waals surface area contributed by atoms with Gasteiger partial charge in [0, 0.05) is 39.4 Å². The SMILES string of the molecule is CC(C)c1ccc(N2[B]N(C)CC2)nc1.[Ir]. The molecule has 1 saturated heterocycles. The molecule has 2 radical (unpaired) electrons. The van der Waals surface area contributed by atoms with Crippen molar-refractivity contribution in [1.82, 2.24) is 9.79 Å². The van der Waals surface area contributed by atoms with Crippen molar-refractivity contribution in [3.05, 3.63) is 23.9 Å². The first kappa shape index (κ1) is 13.7. The minimum atomic E-state index is 0. The van der Waals surface area contributed by atoms with Crippen molar-refractivity contribution >= 4 is 13.4 Å². The smallest absolute Gasteiger partial charge is 0.353 e. The zero-order valence-corrected chi connectivity index (χ0v) is 12.4. The van der Waals surface area contributed by atoms with Crippen LogP contribution in [0.1, 0.15) is 25.3 Å². The van der Waals surface area contributed by atoms with E-state index in [4.69, 9.17) is 0 Å². The van der Waals surface area contributed by atoms with E-state index in [1.165, 1.54) is 5.56 Å². The van der Waals surface area contributed by atoms with Gasteiger partial charge in [0.1, 0.15) is 5.82 Å². The Kier molecular flexibility index (Phi) is 4.97. The van der Waals surface area contributed by atoms with Gasteiger partial charge in [0.05, 0.1) is 0 Å². The van der Waals surface area contributed by atoms with Crippen LogP contribution in [0, 0.1) is 0 Å². The second-order valence-corrected chi connectivity index (χ2v) is 4.39. The first-order valence-corrected chi connectivity index (χ1v) is 5.44. The van der Waals surface area contributed by atoms with E-state index in [0.29, 0.717) is 5.92 Å². The van der Waals surface area contributed by atoms with Crippen molar-refractivity contribution in [2.24, 2.45) is 0 Å². The van der Waals surface area contributed by atoms with E-state index >= 15 is 0 Å². The quantitative estimate of drug-likeness (QED) is 0.709. The summed E-state index contributed by atoms with van der Waals surface area (Å²) in [4.78, 5) is 8.85. The van der Waals surface area contributed by atoms with Gasteiger partial charge in [-0.15, -0.1) is 0 Å². The summed E-state index contributed by atoms with van der Waals surface area (Å²) in [6.45, 7) is 6.48. The van der Waals surface area contributed by atoms with Crippen molar-refractivity contribution in [2.45, 2.75) is 19.8 Å². The van der Waals surface area contributed by atoms with Gasteiger partial charge in [-0.25, -0.2) is 4.98 Å². The molecule has 0 N–H and O–H groups in total. The zero-order chi connectivity index (χ0) is 10.8. The number of aromatic nitrogens is 1. The summed E-state index contributed by atoms with van der Waals surface area (Å²) in [7, 11) is 4.19. The van der Waals surface area contributed by atoms with Crippen LogP contribution in [0.15, 0.2) is 18.3 Å². The molecule has 0 saturated carbocycles. The van der Waals surface area contributed by atoms with Crippen LogP contribution in [-0.4, -0.2) is 37.5 Å². The third-order valence-electron chi connectivity index (χ3n) is 2.76. The van der Waals surface area contributed by atoms with Crippen LogP contribution < -0.4 is 4.81 Å². The maximum Gasteiger partial charge on any atom is 0.353 e. The molecule has 0 spiro atoms. The fourth-order valence-corrected chi connectivity index (χ4v) is 1.70. The van der Waals surface area contributed by atoms with E-state index < -0.39 is 0 Å². The Hall–Kier alpha value is -0.376. The van der Waals surface area contributed by atoms with Crippen LogP contribution in [0.5, 0.6) is 0 Å². The molecule has 0 bridgehead atoms. The number of anilines is 1. The summed E-state index contributed by atoms with van der Waals surface area (Å²) >= 11 is 0. The molecule has 1 aliphatic heterocycles. The average molecular weight is 394 g/mol. The summed E-state index contributed by atoms with van der Waals surface area (Å²) < 4.78 is 0. The summed E-state index contributed by atoms with van der Waals surface area (Å²) in [5, 5.41) is 0. The fraction of sp³-hybridized carbons (Fsp3) is 0.545. The van der Waals surface area contributed by atoms with Crippen molar-refractivity contribution < 1.29 is 20.1 Å². The molecule has 0 atom stereocenters. The Morgan fingerprint density at radius 1 is 1.31 bits per heavy atom. The van der Waals surface area contributed by atoms with E-state index in [0.717, 1.165) is 18.9 Å². The fourth-order valence-electron chi connectivity index (χ4n) is 1.70. The molecule has 88 valence electrons. The summed E-state index contributed by atoms with van der Waals surface area (Å²) in [6, 6.07) is 4.27. The third kappa shape index (κ3) is 3.06. The molecule has 2 rings (SSSR count). The van der Waals surface area contributed by atoms with Crippen molar-refractivity contribution in [3.8, 4) is 0 Å². The first-order valence-electron chi connectivity index (χ1n) is 5.44. The molecular formula is C11H17BIrN3. The number of hydrogen-bond acceptors (Lipinski definition) is 3. The molecule has 5 heteroatoms. The molecule has 2 heterocycles. The van der Waals surface area contributed by atoms with E-state index in [9.17, 15) is 0 Å². The summed E-state index contributed by atoms with van der Waals surface area (Å²) in [6.07, 6.45) is 1.98. The van der Waals surface area contributed by atoms with Crippen LogP contribution in [0.25, 0.3) is 0 Å². The number of nitrogens with zero attached hydrogens (tertiary/aromatic N) is 3. The predicted molar refractivity (Wildman–Crippen MR) is 64.1 cm³/mol. The van der Waals surface area contributed by atoms with Crippen LogP contribution in [0.2, 0.25) is 0 Å². The van der Waals surface area contributed by atoms with Crippen LogP contribution in [-0.2, 0) is 20.1 Å². The standard InChI is InChI=1S/C11H17BN3.Ir/c1-9(2)10-4-5-11(13-8-10)15-7-6-14(3)12-15;/h4-5,8-9H,6-7H2,1-3H3;. The minimum Gasteiger partial charge on any atom is -0.388 e. The molecule has 16 heavy (non-hydrogen) atoms. The molecule has 1 aromatic heterocycles. The van der Waals surface area contributed by atoms with Crippen LogP contribution in [0.3, 0.4) is 0 Å². The molecule has 0 unspecified atom stereocenters. The number of rotatable bonds is 2. The second-order valence-electron chi connectivity index (χ2n) is 4.39. The van der Waals surface area contributed by atoms with E-state index in [1.54, 1.807) is 0 Å². The zero-order valence-electron chi connectivity index (χ0n) is 9.98. The van der Waals surface area contributed by atoms with Gasteiger partial charge in [0.25, 0.3) is 0 Å². The van der Waals surface area contributed by atoms with Gasteiger partial charge in [-0.2, -0.15) is 0 Å². The van der Waals surface area contributed by atoms with Crippen molar-refractivity contribution in [3.63, 3.8) is 0 Å². The van der Waals surface area contributed by atoms with Gasteiger partial charge < -0.3 is 9.62 Å². The summed E-state index contributed by atoms with van der Waals surface area (Å²) in [5.41, 5.74) is 1.30. The molecule has 1 fully saturated rings. The molecule has 1 aromatic rings. The maximum atomic E-state index is 4.48. The molecule has 1 aliphatic rings. The Morgan fingerprint density at radius 2 is 2.06 bits per heavy atom. The van der Waals surface area contributed by atoms with Gasteiger partial charge in [-0.05, 0) is 24.6 Å². The van der Waals surface area contributed by atoms with Gasteiger partial charge in [-0.3, -0.25) is 0 Å². The van der Waals surface area contributed by atoms with Crippen LogP contribution >= 0.6 is 0 Å². The monoisotopic (exact) mass is 395 g/mol. The van der Waals surface area contributed by atoms with Crippen molar-refractivity contribution in [2.75, 3.05) is 24.9 Å². The molecule has 0 aliphatic carbocycles. The van der Waals surface area contributed by atoms with Gasteiger partial charge in [-0.1, -0.05) is 19.9 Å². The van der Waals surface area contributed by atoms with E-state index in [1.807, 2.05) is 6.20 Å². The van der Waals surface area contributed by atoms with Gasteiger partial charge in [0.2, 0.25) is 0 Å². The Bertz CT molecular complexity index is 329. The number of pyridine rings is 1. The second kappa shape index (κ2) is 5.81. The Labute approximate surface area is 112 Å². The predicted octanol–water partition coefficient (Wildman–Crippen LogP) is 1.49. The topological polar surface area (TPSA) is 19.4 Å². The van der Waals surface area contributed by atoms with E-state index in [-0.39, 0.29) is 20.1 Å². The molecule has 0 aromatic carbocycles. The normalized spacial score (nSPS) is 16.1. The minimum absolute atomic E-state index is 0. The van der Waals surface area contributed by atoms with Gasteiger partial charge in [0.15, 0.2) is 0 Å². The van der Waals surface area contributed by atoms with Crippen molar-refractivity contribution in [1.29, 1.82) is 0 Å². The maximum absolute atomic E-state index is 4.48. The Morgan fingerprint density at radius 3 is 2.50 bits per heavy atom. The molecular weight excluding hydrogens is 377 g/mol. The first-order chi connectivity index (χ1) is 7.16. The average Bonchev–Trinajstić information content (AvgIpc) is 2.65. The largest absolute Gasteiger partial charge is 0.388 e. The summed E-state index contributed by atoms with van der Waals surface area (Å²) in [5.74, 6) is 1.60. The number of likely N-dealkylation sites (N-methyl/N-ethyl adjacent to an activating group) is 1. The van der Waals surface area contributed by atoms with Crippen LogP contribution in [0.4, 0.5) is 5.82 Å². The molecule has 0 amide bonds. The third-order valence-corrected chi connectivity index (χ3v) is 2.76. The van der Waals surface area contributed by atoms with E-state index in [2.05, 4.69) is 55.2 Å².